The largest absolute Gasteiger partial charge is 0.481 e. The number of hydrogen-bond acceptors (Lipinski definition) is 5. The molecular weight excluding hydrogens is 216 g/mol. The summed E-state index contributed by atoms with van der Waals surface area (Å²) >= 11 is 0. The smallest absolute Gasteiger partial charge is 0.308 e. The van der Waals surface area contributed by atoms with Crippen LogP contribution in [0.4, 0.5) is 0 Å². The van der Waals surface area contributed by atoms with Crippen LogP contribution in [0.3, 0.4) is 0 Å². The summed E-state index contributed by atoms with van der Waals surface area (Å²) in [5.74, 6) is -1.44. The highest BCUT2D eigenvalue weighted by molar-refractivity contribution is 5.69. The molecule has 94 valence electrons. The van der Waals surface area contributed by atoms with Crippen LogP contribution in [0.25, 0.3) is 0 Å². The normalized spacial score (nSPS) is 12.1. The van der Waals surface area contributed by atoms with Crippen LogP contribution in [-0.2, 0) is 14.3 Å². The molecule has 0 aliphatic carbocycles. The van der Waals surface area contributed by atoms with Crippen LogP contribution < -0.4 is 0 Å². The third kappa shape index (κ3) is 9.42. The van der Waals surface area contributed by atoms with Crippen LogP contribution in [0.15, 0.2) is 0 Å². The van der Waals surface area contributed by atoms with Gasteiger partial charge in [0.05, 0.1) is 0 Å². The average Bonchev–Trinajstić information content (AvgIpc) is 2.21. The van der Waals surface area contributed by atoms with Gasteiger partial charge in [-0.15, -0.1) is 0 Å². The molecule has 16 heavy (non-hydrogen) atoms. The lowest BCUT2D eigenvalue weighted by atomic mass is 10.2. The summed E-state index contributed by atoms with van der Waals surface area (Å²) in [6, 6.07) is 0. The summed E-state index contributed by atoms with van der Waals surface area (Å²) in [6.07, 6.45) is 0.364. The van der Waals surface area contributed by atoms with Gasteiger partial charge in [-0.1, -0.05) is 0 Å². The number of rotatable bonds is 9. The topological polar surface area (TPSA) is 104 Å². The number of carbonyl (C=O) groups is 2. The van der Waals surface area contributed by atoms with E-state index in [-0.39, 0.29) is 25.9 Å². The van der Waals surface area contributed by atoms with E-state index < -0.39 is 18.2 Å². The van der Waals surface area contributed by atoms with Crippen LogP contribution in [0.5, 0.6) is 0 Å². The molecule has 0 spiro atoms. The molecule has 6 heteroatoms. The highest BCUT2D eigenvalue weighted by Crippen LogP contribution is 2.05. The van der Waals surface area contributed by atoms with Gasteiger partial charge < -0.3 is 20.1 Å². The van der Waals surface area contributed by atoms with Gasteiger partial charge in [0.2, 0.25) is 6.29 Å². The Kier molecular flexibility index (Phi) is 8.46. The summed E-state index contributed by atoms with van der Waals surface area (Å²) in [5.41, 5.74) is 0. The maximum Gasteiger partial charge on any atom is 0.308 e. The Bertz CT molecular complexity index is 215. The van der Waals surface area contributed by atoms with Crippen molar-refractivity contribution in [2.75, 3.05) is 6.61 Å². The molecule has 0 rings (SSSR count). The highest BCUT2D eigenvalue weighted by atomic mass is 16.6. The summed E-state index contributed by atoms with van der Waals surface area (Å²) in [5, 5.41) is 26.0. The molecule has 0 radical (unpaired) electrons. The molecule has 0 bridgehead atoms. The second-order valence-electron chi connectivity index (χ2n) is 3.41. The van der Waals surface area contributed by atoms with Crippen molar-refractivity contribution in [2.45, 2.75) is 44.8 Å². The van der Waals surface area contributed by atoms with Crippen molar-refractivity contribution in [3.05, 3.63) is 0 Å². The molecule has 0 aromatic rings. The number of hydrogen-bond donors (Lipinski definition) is 3. The molecule has 1 unspecified atom stereocenters. The number of unbranched alkanes of at least 4 members (excludes halogenated alkanes) is 1. The van der Waals surface area contributed by atoms with Crippen molar-refractivity contribution in [3.63, 3.8) is 0 Å². The first kappa shape index (κ1) is 14.9. The first-order chi connectivity index (χ1) is 7.56. The average molecular weight is 234 g/mol. The van der Waals surface area contributed by atoms with E-state index in [2.05, 4.69) is 4.74 Å². The monoisotopic (exact) mass is 234 g/mol. The molecule has 0 saturated heterocycles. The number of aliphatic carboxylic acids is 1. The number of carboxylic acids is 1. The lowest BCUT2D eigenvalue weighted by molar-refractivity contribution is -0.169. The lowest BCUT2D eigenvalue weighted by Gasteiger charge is -2.10. The SMILES string of the molecule is O=C(O)CCCCC(=O)OC(O)CCCO. The molecule has 0 fully saturated rings. The number of aliphatic hydroxyl groups excluding tert-OH is 2. The summed E-state index contributed by atoms with van der Waals surface area (Å²) in [4.78, 5) is 21.2. The molecule has 6 nitrogen and oxygen atoms in total. The molecule has 0 aromatic heterocycles. The number of carbonyl (C=O) groups excluding carboxylic acids is 1. The van der Waals surface area contributed by atoms with Gasteiger partial charge in [-0.25, -0.2) is 0 Å². The van der Waals surface area contributed by atoms with Crippen LogP contribution in [0.2, 0.25) is 0 Å². The molecule has 0 aliphatic rings. The molecule has 0 saturated carbocycles. The maximum atomic E-state index is 11.1. The van der Waals surface area contributed by atoms with Crippen molar-refractivity contribution in [1.29, 1.82) is 0 Å². The first-order valence-electron chi connectivity index (χ1n) is 5.26. The van der Waals surface area contributed by atoms with E-state index in [4.69, 9.17) is 15.3 Å². The van der Waals surface area contributed by atoms with E-state index >= 15 is 0 Å². The van der Waals surface area contributed by atoms with Gasteiger partial charge in [-0.05, 0) is 19.3 Å². The van der Waals surface area contributed by atoms with Crippen molar-refractivity contribution in [3.8, 4) is 0 Å². The Morgan fingerprint density at radius 2 is 1.75 bits per heavy atom. The molecule has 0 aliphatic heterocycles. The van der Waals surface area contributed by atoms with Gasteiger partial charge >= 0.3 is 11.9 Å². The third-order valence-corrected chi connectivity index (χ3v) is 1.90. The van der Waals surface area contributed by atoms with Crippen LogP contribution in [0.1, 0.15) is 38.5 Å². The molecule has 0 amide bonds. The van der Waals surface area contributed by atoms with Crippen molar-refractivity contribution < 1.29 is 29.6 Å². The molecule has 0 heterocycles. The zero-order valence-corrected chi connectivity index (χ0v) is 9.09. The summed E-state index contributed by atoms with van der Waals surface area (Å²) < 4.78 is 4.62. The molecule has 0 aromatic carbocycles. The summed E-state index contributed by atoms with van der Waals surface area (Å²) in [6.45, 7) is -0.0623. The van der Waals surface area contributed by atoms with E-state index in [0.717, 1.165) is 0 Å². The fourth-order valence-corrected chi connectivity index (χ4v) is 1.08. The van der Waals surface area contributed by atoms with E-state index in [0.29, 0.717) is 19.3 Å². The second-order valence-corrected chi connectivity index (χ2v) is 3.41. The van der Waals surface area contributed by atoms with Gasteiger partial charge in [0.15, 0.2) is 0 Å². The number of ether oxygens (including phenoxy) is 1. The Morgan fingerprint density at radius 3 is 2.31 bits per heavy atom. The lowest BCUT2D eigenvalue weighted by Crippen LogP contribution is -2.17. The number of aliphatic hydroxyl groups is 2. The fraction of sp³-hybridized carbons (Fsp3) is 0.800. The standard InChI is InChI=1S/C10H18O6/c11-7-3-6-10(15)16-9(14)5-2-1-4-8(12)13/h10-11,15H,1-7H2,(H,12,13). The van der Waals surface area contributed by atoms with Crippen molar-refractivity contribution >= 4 is 11.9 Å². The highest BCUT2D eigenvalue weighted by Gasteiger charge is 2.10. The van der Waals surface area contributed by atoms with E-state index in [1.54, 1.807) is 0 Å². The van der Waals surface area contributed by atoms with E-state index in [9.17, 15) is 9.59 Å². The van der Waals surface area contributed by atoms with Gasteiger partial charge in [0.1, 0.15) is 0 Å². The van der Waals surface area contributed by atoms with Crippen molar-refractivity contribution in [2.24, 2.45) is 0 Å². The molecule has 3 N–H and O–H groups in total. The fourth-order valence-electron chi connectivity index (χ4n) is 1.08. The minimum Gasteiger partial charge on any atom is -0.481 e. The first-order valence-corrected chi connectivity index (χ1v) is 5.26. The number of esters is 1. The Labute approximate surface area is 93.8 Å². The van der Waals surface area contributed by atoms with E-state index in [1.807, 2.05) is 0 Å². The Hall–Kier alpha value is -1.14. The predicted molar refractivity (Wildman–Crippen MR) is 54.5 cm³/mol. The van der Waals surface area contributed by atoms with Crippen LogP contribution >= 0.6 is 0 Å². The summed E-state index contributed by atoms with van der Waals surface area (Å²) in [7, 11) is 0. The van der Waals surface area contributed by atoms with Crippen molar-refractivity contribution in [1.82, 2.24) is 0 Å². The molecular formula is C10H18O6. The van der Waals surface area contributed by atoms with Gasteiger partial charge in [-0.2, -0.15) is 0 Å². The molecule has 1 atom stereocenters. The number of carboxylic acid groups (broad SMARTS) is 1. The zero-order valence-electron chi connectivity index (χ0n) is 9.09. The minimum atomic E-state index is -1.18. The third-order valence-electron chi connectivity index (χ3n) is 1.90. The van der Waals surface area contributed by atoms with Gasteiger partial charge in [0, 0.05) is 25.9 Å². The predicted octanol–water partition coefficient (Wildman–Crippen LogP) is 0.265. The maximum absolute atomic E-state index is 11.1. The van der Waals surface area contributed by atoms with Crippen LogP contribution in [-0.4, -0.2) is 40.2 Å². The Morgan fingerprint density at radius 1 is 1.12 bits per heavy atom. The van der Waals surface area contributed by atoms with Crippen LogP contribution in [0, 0.1) is 0 Å². The quantitative estimate of drug-likeness (QED) is 0.300. The van der Waals surface area contributed by atoms with E-state index in [1.165, 1.54) is 0 Å². The Balaban J connectivity index is 3.46. The second kappa shape index (κ2) is 9.11. The van der Waals surface area contributed by atoms with Gasteiger partial charge in [0.25, 0.3) is 0 Å². The van der Waals surface area contributed by atoms with Gasteiger partial charge in [-0.3, -0.25) is 9.59 Å². The minimum absolute atomic E-state index is 0.0281. The zero-order chi connectivity index (χ0) is 12.4.